The molecule has 4 N–H and O–H groups in total. The molecule has 2 amide bonds. The number of amides is 2. The van der Waals surface area contributed by atoms with Gasteiger partial charge in [0.1, 0.15) is 5.82 Å². The lowest BCUT2D eigenvalue weighted by atomic mass is 9.90. The fourth-order valence-corrected chi connectivity index (χ4v) is 3.06. The van der Waals surface area contributed by atoms with Crippen LogP contribution < -0.4 is 21.3 Å². The molecule has 1 aliphatic heterocycles. The highest BCUT2D eigenvalue weighted by molar-refractivity contribution is 14.0. The molecule has 1 heterocycles. The van der Waals surface area contributed by atoms with Crippen LogP contribution in [0.2, 0.25) is 0 Å². The highest BCUT2D eigenvalue weighted by Crippen LogP contribution is 2.31. The second kappa shape index (κ2) is 10.7. The molecule has 0 aliphatic carbocycles. The minimum atomic E-state index is -0.417. The Labute approximate surface area is 185 Å². The third-order valence-electron chi connectivity index (χ3n) is 4.37. The third kappa shape index (κ3) is 6.41. The van der Waals surface area contributed by atoms with Crippen LogP contribution in [-0.4, -0.2) is 37.9 Å². The molecule has 0 saturated carbocycles. The van der Waals surface area contributed by atoms with Gasteiger partial charge in [0.05, 0.1) is 6.54 Å². The van der Waals surface area contributed by atoms with Gasteiger partial charge in [-0.2, -0.15) is 0 Å². The molecule has 9 heteroatoms. The molecule has 0 spiro atoms. The van der Waals surface area contributed by atoms with Gasteiger partial charge in [-0.15, -0.1) is 24.0 Å². The van der Waals surface area contributed by atoms with Gasteiger partial charge in [-0.1, -0.05) is 24.3 Å². The summed E-state index contributed by atoms with van der Waals surface area (Å²) in [5, 5.41) is 11.5. The average Bonchev–Trinajstić information content (AvgIpc) is 2.67. The predicted molar refractivity (Wildman–Crippen MR) is 122 cm³/mol. The lowest BCUT2D eigenvalue weighted by Gasteiger charge is -2.26. The summed E-state index contributed by atoms with van der Waals surface area (Å²) in [5.74, 6) is -0.318. The first kappa shape index (κ1) is 22.6. The number of halogens is 2. The molecule has 1 aliphatic rings. The molecule has 0 radical (unpaired) electrons. The van der Waals surface area contributed by atoms with Gasteiger partial charge in [-0.25, -0.2) is 4.39 Å². The number of guanidine groups is 1. The number of anilines is 2. The molecule has 1 unspecified atom stereocenters. The second-order valence-corrected chi connectivity index (χ2v) is 6.40. The van der Waals surface area contributed by atoms with Crippen LogP contribution in [-0.2, 0) is 9.59 Å². The van der Waals surface area contributed by atoms with Gasteiger partial charge in [0.2, 0.25) is 11.8 Å². The molecular weight excluding hydrogens is 488 g/mol. The smallest absolute Gasteiger partial charge is 0.243 e. The van der Waals surface area contributed by atoms with E-state index in [0.717, 1.165) is 11.3 Å². The van der Waals surface area contributed by atoms with E-state index < -0.39 is 5.82 Å². The van der Waals surface area contributed by atoms with E-state index in [-0.39, 0.29) is 48.3 Å². The number of aliphatic imine (C=N–C) groups is 1. The fourth-order valence-electron chi connectivity index (χ4n) is 3.06. The van der Waals surface area contributed by atoms with Gasteiger partial charge in [0, 0.05) is 37.3 Å². The van der Waals surface area contributed by atoms with Crippen molar-refractivity contribution in [1.82, 2.24) is 10.6 Å². The molecule has 1 atom stereocenters. The van der Waals surface area contributed by atoms with Crippen molar-refractivity contribution in [3.8, 4) is 0 Å². The lowest BCUT2D eigenvalue weighted by molar-refractivity contribution is -0.117. The van der Waals surface area contributed by atoms with Crippen LogP contribution >= 0.6 is 24.0 Å². The van der Waals surface area contributed by atoms with Crippen molar-refractivity contribution in [3.05, 3.63) is 59.9 Å². The molecular formula is C20H23FIN5O2. The highest BCUT2D eigenvalue weighted by Gasteiger charge is 2.24. The summed E-state index contributed by atoms with van der Waals surface area (Å²) in [4.78, 5) is 28.0. The minimum absolute atomic E-state index is 0. The zero-order chi connectivity index (χ0) is 19.9. The Morgan fingerprint density at radius 2 is 2.00 bits per heavy atom. The summed E-state index contributed by atoms with van der Waals surface area (Å²) in [5.41, 5.74) is 2.27. The Balaban J connectivity index is 0.00000300. The summed E-state index contributed by atoms with van der Waals surface area (Å²) in [6.45, 7) is 0.466. The van der Waals surface area contributed by atoms with Gasteiger partial charge >= 0.3 is 0 Å². The third-order valence-corrected chi connectivity index (χ3v) is 4.37. The topological polar surface area (TPSA) is 94.6 Å². The molecule has 0 fully saturated rings. The molecule has 3 rings (SSSR count). The molecule has 0 aromatic heterocycles. The number of hydrogen-bond donors (Lipinski definition) is 4. The molecule has 29 heavy (non-hydrogen) atoms. The minimum Gasteiger partial charge on any atom is -0.356 e. The van der Waals surface area contributed by atoms with E-state index in [4.69, 9.17) is 0 Å². The van der Waals surface area contributed by atoms with Gasteiger partial charge in [-0.3, -0.25) is 14.6 Å². The Morgan fingerprint density at radius 3 is 2.76 bits per heavy atom. The quantitative estimate of drug-likeness (QED) is 0.282. The van der Waals surface area contributed by atoms with Crippen LogP contribution in [0.15, 0.2) is 53.5 Å². The van der Waals surface area contributed by atoms with Crippen LogP contribution in [0.4, 0.5) is 15.8 Å². The first-order chi connectivity index (χ1) is 13.5. The normalized spacial score (nSPS) is 15.4. The van der Waals surface area contributed by atoms with Crippen molar-refractivity contribution in [1.29, 1.82) is 0 Å². The van der Waals surface area contributed by atoms with E-state index in [1.807, 2.05) is 24.3 Å². The SMILES string of the molecule is CN=C(NCC(=O)Nc1cccc(F)c1)NCC1CC(=O)Nc2ccccc21.I. The molecule has 154 valence electrons. The largest absolute Gasteiger partial charge is 0.356 e. The maximum atomic E-state index is 13.2. The number of carbonyl (C=O) groups is 2. The van der Waals surface area contributed by atoms with E-state index in [1.54, 1.807) is 13.1 Å². The van der Waals surface area contributed by atoms with Crippen LogP contribution in [0.5, 0.6) is 0 Å². The number of nitrogens with zero attached hydrogens (tertiary/aromatic N) is 1. The van der Waals surface area contributed by atoms with Crippen molar-refractivity contribution < 1.29 is 14.0 Å². The summed E-state index contributed by atoms with van der Waals surface area (Å²) in [6.07, 6.45) is 0.376. The van der Waals surface area contributed by atoms with Crippen LogP contribution in [0, 0.1) is 5.82 Å². The van der Waals surface area contributed by atoms with Crippen LogP contribution in [0.3, 0.4) is 0 Å². The van der Waals surface area contributed by atoms with Gasteiger partial charge in [-0.05, 0) is 29.8 Å². The number of carbonyl (C=O) groups excluding carboxylic acids is 2. The summed E-state index contributed by atoms with van der Waals surface area (Å²) in [6, 6.07) is 13.4. The lowest BCUT2D eigenvalue weighted by Crippen LogP contribution is -2.43. The Hall–Kier alpha value is -2.69. The molecule has 0 bridgehead atoms. The number of para-hydroxylation sites is 1. The maximum Gasteiger partial charge on any atom is 0.243 e. The average molecular weight is 511 g/mol. The van der Waals surface area contributed by atoms with Crippen molar-refractivity contribution in [3.63, 3.8) is 0 Å². The highest BCUT2D eigenvalue weighted by atomic mass is 127. The predicted octanol–water partition coefficient (Wildman–Crippen LogP) is 2.67. The van der Waals surface area contributed by atoms with Crippen molar-refractivity contribution in [2.24, 2.45) is 4.99 Å². The van der Waals surface area contributed by atoms with Gasteiger partial charge < -0.3 is 21.3 Å². The van der Waals surface area contributed by atoms with Gasteiger partial charge in [0.15, 0.2) is 5.96 Å². The number of rotatable bonds is 5. The monoisotopic (exact) mass is 511 g/mol. The van der Waals surface area contributed by atoms with E-state index in [0.29, 0.717) is 24.6 Å². The number of nitrogens with one attached hydrogen (secondary N) is 4. The van der Waals surface area contributed by atoms with Gasteiger partial charge in [0.25, 0.3) is 0 Å². The first-order valence-electron chi connectivity index (χ1n) is 8.94. The Morgan fingerprint density at radius 1 is 1.21 bits per heavy atom. The molecule has 2 aromatic rings. The Kier molecular flexibility index (Phi) is 8.37. The fraction of sp³-hybridized carbons (Fsp3) is 0.250. The number of benzene rings is 2. The molecule has 0 saturated heterocycles. The second-order valence-electron chi connectivity index (χ2n) is 6.40. The Bertz CT molecular complexity index is 906. The van der Waals surface area contributed by atoms with Crippen LogP contribution in [0.1, 0.15) is 17.9 Å². The standard InChI is InChI=1S/C20H22FN5O2.HI/c1-22-20(24-12-19(28)25-15-6-4-5-14(21)10-15)23-11-13-9-18(27)26-17-8-3-2-7-16(13)17;/h2-8,10,13H,9,11-12H2,1H3,(H,25,28)(H,26,27)(H2,22,23,24);1H. The summed E-state index contributed by atoms with van der Waals surface area (Å²) < 4.78 is 13.2. The van der Waals surface area contributed by atoms with E-state index in [2.05, 4.69) is 26.3 Å². The molecule has 7 nitrogen and oxygen atoms in total. The summed E-state index contributed by atoms with van der Waals surface area (Å²) >= 11 is 0. The van der Waals surface area contributed by atoms with E-state index in [9.17, 15) is 14.0 Å². The summed E-state index contributed by atoms with van der Waals surface area (Å²) in [7, 11) is 1.60. The van der Waals surface area contributed by atoms with Crippen molar-refractivity contribution in [2.75, 3.05) is 30.8 Å². The zero-order valence-corrected chi connectivity index (χ0v) is 18.2. The van der Waals surface area contributed by atoms with Crippen molar-refractivity contribution >= 4 is 53.1 Å². The van der Waals surface area contributed by atoms with E-state index in [1.165, 1.54) is 18.2 Å². The molecule has 2 aromatic carbocycles. The number of hydrogen-bond acceptors (Lipinski definition) is 3. The zero-order valence-electron chi connectivity index (χ0n) is 15.9. The number of fused-ring (bicyclic) bond motifs is 1. The van der Waals surface area contributed by atoms with E-state index >= 15 is 0 Å². The first-order valence-corrected chi connectivity index (χ1v) is 8.94. The van der Waals surface area contributed by atoms with Crippen molar-refractivity contribution in [2.45, 2.75) is 12.3 Å². The maximum absolute atomic E-state index is 13.2. The van der Waals surface area contributed by atoms with Crippen LogP contribution in [0.25, 0.3) is 0 Å².